The molecule has 1 aromatic carbocycles. The topological polar surface area (TPSA) is 87.9 Å². The van der Waals surface area contributed by atoms with Crippen LogP contribution in [0.5, 0.6) is 0 Å². The maximum atomic E-state index is 12.4. The summed E-state index contributed by atoms with van der Waals surface area (Å²) in [6.07, 6.45) is 2.65. The Labute approximate surface area is 160 Å². The van der Waals surface area contributed by atoms with Crippen molar-refractivity contribution in [1.29, 1.82) is 0 Å². The van der Waals surface area contributed by atoms with Crippen molar-refractivity contribution in [2.45, 2.75) is 51.1 Å². The lowest BCUT2D eigenvalue weighted by Crippen LogP contribution is -2.46. The van der Waals surface area contributed by atoms with Gasteiger partial charge in [0.15, 0.2) is 8.32 Å². The number of ether oxygens (including phenoxy) is 2. The normalized spacial score (nSPS) is 20.3. The maximum absolute atomic E-state index is 12.4. The van der Waals surface area contributed by atoms with E-state index in [1.54, 1.807) is 12.2 Å². The number of nitro groups is 1. The Bertz CT molecular complexity index is 708. The standard InChI is InChI=1S/C19H27NO6Si/c1-19(2,3)27(4,5)25-13-17-16(7-6-12-24-17)26-18(21)14-8-10-15(11-9-14)20(22)23/h6-11,16-17H,12-13H2,1-5H3/t16-,17-/m1/s1. The number of esters is 1. The van der Waals surface area contributed by atoms with Gasteiger partial charge in [-0.05, 0) is 36.3 Å². The first-order valence-electron chi connectivity index (χ1n) is 8.89. The van der Waals surface area contributed by atoms with Gasteiger partial charge < -0.3 is 13.9 Å². The van der Waals surface area contributed by atoms with Crippen LogP contribution in [0.4, 0.5) is 5.69 Å². The third-order valence-corrected chi connectivity index (χ3v) is 9.57. The molecule has 0 aromatic heterocycles. The molecule has 148 valence electrons. The fourth-order valence-electron chi connectivity index (χ4n) is 2.26. The molecule has 0 saturated carbocycles. The quantitative estimate of drug-likeness (QED) is 0.238. The Kier molecular flexibility index (Phi) is 6.56. The van der Waals surface area contributed by atoms with Crippen molar-refractivity contribution >= 4 is 20.0 Å². The average molecular weight is 394 g/mol. The second-order valence-electron chi connectivity index (χ2n) is 8.05. The molecular formula is C19H27NO6Si. The summed E-state index contributed by atoms with van der Waals surface area (Å²) in [7, 11) is -1.95. The van der Waals surface area contributed by atoms with Crippen molar-refractivity contribution in [3.63, 3.8) is 0 Å². The molecule has 0 N–H and O–H groups in total. The third kappa shape index (κ3) is 5.47. The first kappa shape index (κ1) is 21.3. The van der Waals surface area contributed by atoms with Gasteiger partial charge in [0.05, 0.1) is 23.7 Å². The minimum Gasteiger partial charge on any atom is -0.452 e. The van der Waals surface area contributed by atoms with Gasteiger partial charge in [-0.1, -0.05) is 26.8 Å². The van der Waals surface area contributed by atoms with Gasteiger partial charge in [-0.25, -0.2) is 4.79 Å². The van der Waals surface area contributed by atoms with Crippen molar-refractivity contribution < 1.29 is 23.6 Å². The second kappa shape index (κ2) is 8.33. The maximum Gasteiger partial charge on any atom is 0.338 e. The van der Waals surface area contributed by atoms with Crippen LogP contribution in [0, 0.1) is 10.1 Å². The van der Waals surface area contributed by atoms with Gasteiger partial charge in [0.2, 0.25) is 0 Å². The van der Waals surface area contributed by atoms with Crippen molar-refractivity contribution in [2.24, 2.45) is 0 Å². The first-order chi connectivity index (χ1) is 12.5. The Hall–Kier alpha value is -2.03. The molecule has 8 heteroatoms. The van der Waals surface area contributed by atoms with Crippen molar-refractivity contribution in [3.05, 3.63) is 52.1 Å². The molecule has 1 heterocycles. The lowest BCUT2D eigenvalue weighted by molar-refractivity contribution is -0.384. The van der Waals surface area contributed by atoms with Crippen LogP contribution in [0.15, 0.2) is 36.4 Å². The Balaban J connectivity index is 2.02. The van der Waals surface area contributed by atoms with Crippen LogP contribution in [0.2, 0.25) is 18.1 Å². The number of hydrogen-bond donors (Lipinski definition) is 0. The van der Waals surface area contributed by atoms with Crippen LogP contribution in [0.25, 0.3) is 0 Å². The van der Waals surface area contributed by atoms with Crippen LogP contribution in [-0.2, 0) is 13.9 Å². The van der Waals surface area contributed by atoms with Gasteiger partial charge in [-0.2, -0.15) is 0 Å². The Morgan fingerprint density at radius 2 is 1.93 bits per heavy atom. The molecule has 0 bridgehead atoms. The zero-order valence-electron chi connectivity index (χ0n) is 16.4. The molecule has 1 aliphatic heterocycles. The van der Waals surface area contributed by atoms with Crippen LogP contribution in [-0.4, -0.2) is 44.6 Å². The zero-order valence-corrected chi connectivity index (χ0v) is 17.4. The SMILES string of the molecule is CC(C)(C)[Si](C)(C)OC[C@H]1OCC=C[C@H]1OC(=O)c1ccc([N+](=O)[O-])cc1. The van der Waals surface area contributed by atoms with E-state index >= 15 is 0 Å². The van der Waals surface area contributed by atoms with Gasteiger partial charge in [-0.3, -0.25) is 10.1 Å². The largest absolute Gasteiger partial charge is 0.452 e. The molecule has 0 amide bonds. The molecule has 0 aliphatic carbocycles. The molecule has 0 radical (unpaired) electrons. The summed E-state index contributed by atoms with van der Waals surface area (Å²) in [5.41, 5.74) is 0.178. The smallest absolute Gasteiger partial charge is 0.338 e. The summed E-state index contributed by atoms with van der Waals surface area (Å²) in [6, 6.07) is 5.33. The van der Waals surface area contributed by atoms with Crippen molar-refractivity contribution in [3.8, 4) is 0 Å². The summed E-state index contributed by atoms with van der Waals surface area (Å²) in [4.78, 5) is 22.6. The molecule has 0 unspecified atom stereocenters. The van der Waals surface area contributed by atoms with Crippen LogP contribution in [0.1, 0.15) is 31.1 Å². The predicted molar refractivity (Wildman–Crippen MR) is 104 cm³/mol. The highest BCUT2D eigenvalue weighted by molar-refractivity contribution is 6.74. The van der Waals surface area contributed by atoms with E-state index in [1.165, 1.54) is 24.3 Å². The highest BCUT2D eigenvalue weighted by Gasteiger charge is 2.39. The molecule has 2 atom stereocenters. The van der Waals surface area contributed by atoms with Gasteiger partial charge in [0, 0.05) is 12.1 Å². The fraction of sp³-hybridized carbons (Fsp3) is 0.526. The molecular weight excluding hydrogens is 366 g/mol. The van der Waals surface area contributed by atoms with Crippen LogP contribution in [0.3, 0.4) is 0 Å². The van der Waals surface area contributed by atoms with E-state index in [1.807, 2.05) is 0 Å². The van der Waals surface area contributed by atoms with Crippen LogP contribution < -0.4 is 0 Å². The van der Waals surface area contributed by atoms with E-state index in [2.05, 4.69) is 33.9 Å². The number of hydrogen-bond acceptors (Lipinski definition) is 6. The van der Waals surface area contributed by atoms with E-state index in [0.29, 0.717) is 13.2 Å². The molecule has 0 spiro atoms. The van der Waals surface area contributed by atoms with Crippen molar-refractivity contribution in [1.82, 2.24) is 0 Å². The third-order valence-electron chi connectivity index (χ3n) is 5.07. The minimum absolute atomic E-state index is 0.0719. The zero-order chi connectivity index (χ0) is 20.2. The summed E-state index contributed by atoms with van der Waals surface area (Å²) >= 11 is 0. The molecule has 1 aromatic rings. The number of carbonyl (C=O) groups is 1. The molecule has 7 nitrogen and oxygen atoms in total. The highest BCUT2D eigenvalue weighted by atomic mass is 28.4. The predicted octanol–water partition coefficient (Wildman–Crippen LogP) is 4.10. The van der Waals surface area contributed by atoms with E-state index < -0.39 is 25.3 Å². The first-order valence-corrected chi connectivity index (χ1v) is 11.8. The lowest BCUT2D eigenvalue weighted by Gasteiger charge is -2.38. The van der Waals surface area contributed by atoms with Gasteiger partial charge >= 0.3 is 5.97 Å². The lowest BCUT2D eigenvalue weighted by atomic mass is 10.1. The summed E-state index contributed by atoms with van der Waals surface area (Å²) in [5.74, 6) is -0.553. The molecule has 1 aliphatic rings. The number of rotatable bonds is 6. The minimum atomic E-state index is -1.95. The Morgan fingerprint density at radius 1 is 1.30 bits per heavy atom. The van der Waals surface area contributed by atoms with Crippen molar-refractivity contribution in [2.75, 3.05) is 13.2 Å². The summed E-state index contributed by atoms with van der Waals surface area (Å²) < 4.78 is 17.5. The molecule has 27 heavy (non-hydrogen) atoms. The van der Waals surface area contributed by atoms with Gasteiger partial charge in [0.25, 0.3) is 5.69 Å². The molecule has 0 fully saturated rings. The highest BCUT2D eigenvalue weighted by Crippen LogP contribution is 2.36. The number of benzene rings is 1. The number of nitrogens with zero attached hydrogens (tertiary/aromatic N) is 1. The fourth-order valence-corrected chi connectivity index (χ4v) is 3.28. The van der Waals surface area contributed by atoms with E-state index in [9.17, 15) is 14.9 Å². The van der Waals surface area contributed by atoms with Gasteiger partial charge in [-0.15, -0.1) is 0 Å². The molecule has 0 saturated heterocycles. The molecule has 2 rings (SSSR count). The van der Waals surface area contributed by atoms with E-state index in [0.717, 1.165) is 0 Å². The summed E-state index contributed by atoms with van der Waals surface area (Å²) in [5, 5.41) is 10.8. The van der Waals surface area contributed by atoms with Gasteiger partial charge in [0.1, 0.15) is 12.2 Å². The average Bonchev–Trinajstić information content (AvgIpc) is 2.60. The number of carbonyl (C=O) groups excluding carboxylic acids is 1. The van der Waals surface area contributed by atoms with E-state index in [-0.39, 0.29) is 22.4 Å². The number of non-ortho nitro benzene ring substituents is 1. The number of nitro benzene ring substituents is 1. The Morgan fingerprint density at radius 3 is 2.48 bits per heavy atom. The van der Waals surface area contributed by atoms with Crippen LogP contribution >= 0.6 is 0 Å². The second-order valence-corrected chi connectivity index (χ2v) is 12.9. The monoisotopic (exact) mass is 393 g/mol. The van der Waals surface area contributed by atoms with E-state index in [4.69, 9.17) is 13.9 Å². The summed E-state index contributed by atoms with van der Waals surface area (Å²) in [6.45, 7) is 11.6.